The number of hydrogen-bond acceptors (Lipinski definition) is 2. The lowest BCUT2D eigenvalue weighted by molar-refractivity contribution is 0.426. The number of benzene rings is 3. The molecule has 0 aliphatic heterocycles. The van der Waals surface area contributed by atoms with Crippen LogP contribution in [0, 0.1) is 0 Å². The number of fused-ring (bicyclic) bond motifs is 1. The second-order valence-electron chi connectivity index (χ2n) is 5.80. The Hall–Kier alpha value is -2.36. The third-order valence-electron chi connectivity index (χ3n) is 4.35. The van der Waals surface area contributed by atoms with Crippen molar-refractivity contribution < 1.29 is 10.0 Å². The second-order valence-corrected chi connectivity index (χ2v) is 5.80. The summed E-state index contributed by atoms with van der Waals surface area (Å²) in [7, 11) is -1.50. The highest BCUT2D eigenvalue weighted by atomic mass is 16.4. The number of hydrogen-bond donors (Lipinski definition) is 2. The van der Waals surface area contributed by atoms with Gasteiger partial charge in [-0.25, -0.2) is 0 Å². The van der Waals surface area contributed by atoms with Gasteiger partial charge in [0.25, 0.3) is 0 Å². The molecule has 120 valence electrons. The van der Waals surface area contributed by atoms with E-state index in [0.717, 1.165) is 38.8 Å². The normalized spacial score (nSPS) is 12.8. The fourth-order valence-corrected chi connectivity index (χ4v) is 3.42. The van der Waals surface area contributed by atoms with E-state index < -0.39 is 7.12 Å². The SMILES string of the molecule is C/C=c1/c(-c2ccccc2)c2ccccc2c(B(O)O)/c1=C/CC. The van der Waals surface area contributed by atoms with Crippen LogP contribution in [0.4, 0.5) is 0 Å². The molecule has 2 N–H and O–H groups in total. The summed E-state index contributed by atoms with van der Waals surface area (Å²) in [6.07, 6.45) is 4.96. The fourth-order valence-electron chi connectivity index (χ4n) is 3.42. The molecule has 3 aromatic carbocycles. The van der Waals surface area contributed by atoms with Crippen molar-refractivity contribution in [1.82, 2.24) is 0 Å². The van der Waals surface area contributed by atoms with Crippen LogP contribution in [0.5, 0.6) is 0 Å². The molecule has 0 aromatic heterocycles. The third kappa shape index (κ3) is 2.77. The Morgan fingerprint density at radius 3 is 2.08 bits per heavy atom. The van der Waals surface area contributed by atoms with Crippen molar-refractivity contribution in [2.45, 2.75) is 20.3 Å². The van der Waals surface area contributed by atoms with Crippen LogP contribution in [0.3, 0.4) is 0 Å². The molecule has 0 heterocycles. The quantitative estimate of drug-likeness (QED) is 0.727. The van der Waals surface area contributed by atoms with Crippen LogP contribution in [0.2, 0.25) is 0 Å². The Kier molecular flexibility index (Phi) is 4.84. The maximum atomic E-state index is 10.0. The Morgan fingerprint density at radius 2 is 1.50 bits per heavy atom. The molecule has 0 amide bonds. The molecule has 0 bridgehead atoms. The molecule has 3 rings (SSSR count). The van der Waals surface area contributed by atoms with Crippen LogP contribution in [-0.4, -0.2) is 17.2 Å². The zero-order valence-corrected chi connectivity index (χ0v) is 14.0. The first kappa shape index (κ1) is 16.5. The molecule has 0 aliphatic rings. The second kappa shape index (κ2) is 7.04. The summed E-state index contributed by atoms with van der Waals surface area (Å²) in [6.45, 7) is 4.06. The van der Waals surface area contributed by atoms with Gasteiger partial charge in [-0.1, -0.05) is 73.7 Å². The smallest absolute Gasteiger partial charge is 0.423 e. The Balaban J connectivity index is 2.63. The van der Waals surface area contributed by atoms with Crippen LogP contribution in [-0.2, 0) is 0 Å². The standard InChI is InChI=1S/C21H21BO2/c1-3-10-18-16(4-2)20(15-11-6-5-7-12-15)17-13-8-9-14-19(17)21(18)22(23)24/h4-14,23-24H,3H2,1-2H3/b16-4+,18-10+. The maximum absolute atomic E-state index is 10.0. The summed E-state index contributed by atoms with van der Waals surface area (Å²) < 4.78 is 0. The molecular weight excluding hydrogens is 295 g/mol. The van der Waals surface area contributed by atoms with E-state index in [0.29, 0.717) is 5.46 Å². The van der Waals surface area contributed by atoms with E-state index in [2.05, 4.69) is 31.2 Å². The van der Waals surface area contributed by atoms with Gasteiger partial charge in [0.2, 0.25) is 0 Å². The van der Waals surface area contributed by atoms with Gasteiger partial charge in [0.05, 0.1) is 0 Å². The minimum atomic E-state index is -1.50. The van der Waals surface area contributed by atoms with Crippen LogP contribution in [0.25, 0.3) is 34.1 Å². The predicted octanol–water partition coefficient (Wildman–Crippen LogP) is 2.18. The van der Waals surface area contributed by atoms with Crippen molar-refractivity contribution in [3.63, 3.8) is 0 Å². The lowest BCUT2D eigenvalue weighted by atomic mass is 9.73. The molecule has 3 aromatic rings. The van der Waals surface area contributed by atoms with Crippen molar-refractivity contribution in [3.05, 3.63) is 65.0 Å². The monoisotopic (exact) mass is 316 g/mol. The summed E-state index contributed by atoms with van der Waals surface area (Å²) in [5, 5.41) is 23.9. The number of rotatable bonds is 3. The Bertz CT molecular complexity index is 976. The minimum absolute atomic E-state index is 0.584. The predicted molar refractivity (Wildman–Crippen MR) is 103 cm³/mol. The highest BCUT2D eigenvalue weighted by Crippen LogP contribution is 2.23. The van der Waals surface area contributed by atoms with E-state index >= 15 is 0 Å². The van der Waals surface area contributed by atoms with Crippen molar-refractivity contribution in [2.75, 3.05) is 0 Å². The molecule has 0 saturated carbocycles. The first-order chi connectivity index (χ1) is 11.7. The molecule has 0 atom stereocenters. The lowest BCUT2D eigenvalue weighted by Gasteiger charge is -2.15. The topological polar surface area (TPSA) is 40.5 Å². The summed E-state index contributed by atoms with van der Waals surface area (Å²) in [4.78, 5) is 0. The van der Waals surface area contributed by atoms with Gasteiger partial charge < -0.3 is 10.0 Å². The van der Waals surface area contributed by atoms with Crippen LogP contribution in [0.15, 0.2) is 54.6 Å². The third-order valence-corrected chi connectivity index (χ3v) is 4.35. The average molecular weight is 316 g/mol. The van der Waals surface area contributed by atoms with E-state index in [1.165, 1.54) is 0 Å². The molecule has 0 aliphatic carbocycles. The van der Waals surface area contributed by atoms with Gasteiger partial charge in [0.15, 0.2) is 0 Å². The van der Waals surface area contributed by atoms with Gasteiger partial charge in [-0.3, -0.25) is 0 Å². The highest BCUT2D eigenvalue weighted by Gasteiger charge is 2.20. The Morgan fingerprint density at radius 1 is 0.875 bits per heavy atom. The molecule has 0 spiro atoms. The van der Waals surface area contributed by atoms with Gasteiger partial charge >= 0.3 is 7.12 Å². The van der Waals surface area contributed by atoms with Crippen molar-refractivity contribution in [3.8, 4) is 11.1 Å². The summed E-state index contributed by atoms with van der Waals surface area (Å²) in [5.74, 6) is 0. The molecule has 2 nitrogen and oxygen atoms in total. The van der Waals surface area contributed by atoms with Crippen molar-refractivity contribution in [2.24, 2.45) is 0 Å². The van der Waals surface area contributed by atoms with Crippen molar-refractivity contribution >= 4 is 35.5 Å². The first-order valence-electron chi connectivity index (χ1n) is 8.31. The molecule has 0 radical (unpaired) electrons. The summed E-state index contributed by atoms with van der Waals surface area (Å²) >= 11 is 0. The zero-order valence-electron chi connectivity index (χ0n) is 14.0. The van der Waals surface area contributed by atoms with Gasteiger partial charge in [0.1, 0.15) is 0 Å². The van der Waals surface area contributed by atoms with E-state index in [9.17, 15) is 10.0 Å². The van der Waals surface area contributed by atoms with E-state index in [1.54, 1.807) is 0 Å². The zero-order chi connectivity index (χ0) is 17.1. The van der Waals surface area contributed by atoms with Crippen LogP contribution >= 0.6 is 0 Å². The lowest BCUT2D eigenvalue weighted by Crippen LogP contribution is -2.49. The molecular formula is C21H21BO2. The van der Waals surface area contributed by atoms with Gasteiger partial charge in [-0.05, 0) is 51.1 Å². The van der Waals surface area contributed by atoms with E-state index in [1.807, 2.05) is 49.4 Å². The van der Waals surface area contributed by atoms with Gasteiger partial charge in [-0.15, -0.1) is 0 Å². The Labute approximate surface area is 142 Å². The molecule has 0 fully saturated rings. The first-order valence-corrected chi connectivity index (χ1v) is 8.31. The largest absolute Gasteiger partial charge is 0.489 e. The molecule has 0 unspecified atom stereocenters. The van der Waals surface area contributed by atoms with E-state index in [-0.39, 0.29) is 0 Å². The van der Waals surface area contributed by atoms with Crippen molar-refractivity contribution in [1.29, 1.82) is 0 Å². The highest BCUT2D eigenvalue weighted by molar-refractivity contribution is 6.62. The molecule has 24 heavy (non-hydrogen) atoms. The molecule has 3 heteroatoms. The summed E-state index contributed by atoms with van der Waals surface area (Å²) in [5.41, 5.74) is 2.85. The van der Waals surface area contributed by atoms with Crippen LogP contribution in [0.1, 0.15) is 20.3 Å². The van der Waals surface area contributed by atoms with Gasteiger partial charge in [0, 0.05) is 0 Å². The maximum Gasteiger partial charge on any atom is 0.489 e. The fraction of sp³-hybridized carbons (Fsp3) is 0.143. The minimum Gasteiger partial charge on any atom is -0.423 e. The van der Waals surface area contributed by atoms with Crippen LogP contribution < -0.4 is 15.9 Å². The molecule has 0 saturated heterocycles. The summed E-state index contributed by atoms with van der Waals surface area (Å²) in [6, 6.07) is 18.2. The van der Waals surface area contributed by atoms with Gasteiger partial charge in [-0.2, -0.15) is 0 Å². The average Bonchev–Trinajstić information content (AvgIpc) is 2.61. The van der Waals surface area contributed by atoms with E-state index in [4.69, 9.17) is 0 Å².